The molecule has 0 aliphatic heterocycles. The molecule has 126 valence electrons. The summed E-state index contributed by atoms with van der Waals surface area (Å²) < 4.78 is 0. The van der Waals surface area contributed by atoms with E-state index in [0.29, 0.717) is 11.5 Å². The summed E-state index contributed by atoms with van der Waals surface area (Å²) in [5.74, 6) is 0.427. The first-order valence-corrected chi connectivity index (χ1v) is 8.45. The molecule has 2 nitrogen and oxygen atoms in total. The molecular formula is C21H31NO. The van der Waals surface area contributed by atoms with Gasteiger partial charge < -0.3 is 5.32 Å². The largest absolute Gasteiger partial charge is 0.347 e. The number of rotatable bonds is 7. The van der Waals surface area contributed by atoms with Gasteiger partial charge in [0.05, 0.1) is 0 Å². The Morgan fingerprint density at radius 2 is 1.96 bits per heavy atom. The summed E-state index contributed by atoms with van der Waals surface area (Å²) in [4.78, 5) is 12.6. The molecule has 0 aliphatic carbocycles. The van der Waals surface area contributed by atoms with E-state index in [4.69, 9.17) is 0 Å². The highest BCUT2D eigenvalue weighted by Crippen LogP contribution is 2.19. The van der Waals surface area contributed by atoms with Gasteiger partial charge in [-0.05, 0) is 62.8 Å². The van der Waals surface area contributed by atoms with E-state index in [-0.39, 0.29) is 11.4 Å². The average molecular weight is 313 g/mol. The van der Waals surface area contributed by atoms with E-state index in [0.717, 1.165) is 24.0 Å². The van der Waals surface area contributed by atoms with Crippen LogP contribution < -0.4 is 5.32 Å². The molecule has 1 N–H and O–H groups in total. The van der Waals surface area contributed by atoms with Crippen molar-refractivity contribution in [1.82, 2.24) is 5.32 Å². The quantitative estimate of drug-likeness (QED) is 0.672. The molecule has 0 fully saturated rings. The third kappa shape index (κ3) is 6.05. The lowest BCUT2D eigenvalue weighted by Crippen LogP contribution is -2.42. The van der Waals surface area contributed by atoms with Crippen molar-refractivity contribution in [2.75, 3.05) is 0 Å². The molecule has 0 radical (unpaired) electrons. The summed E-state index contributed by atoms with van der Waals surface area (Å²) in [5, 5.41) is 3.11. The zero-order valence-corrected chi connectivity index (χ0v) is 15.5. The molecule has 0 bridgehead atoms. The number of hydrogen-bond acceptors (Lipinski definition) is 1. The Kier molecular flexibility index (Phi) is 6.80. The fraction of sp³-hybridized carbons (Fsp3) is 0.476. The van der Waals surface area contributed by atoms with Gasteiger partial charge in [-0.2, -0.15) is 0 Å². The van der Waals surface area contributed by atoms with Crippen LogP contribution in [0.1, 0.15) is 69.4 Å². The van der Waals surface area contributed by atoms with Crippen molar-refractivity contribution < 1.29 is 4.79 Å². The Hall–Kier alpha value is -1.83. The lowest BCUT2D eigenvalue weighted by molar-refractivity contribution is 0.0911. The predicted molar refractivity (Wildman–Crippen MR) is 101 cm³/mol. The van der Waals surface area contributed by atoms with Crippen molar-refractivity contribution in [2.24, 2.45) is 5.92 Å². The van der Waals surface area contributed by atoms with Crippen molar-refractivity contribution in [2.45, 2.75) is 59.9 Å². The van der Waals surface area contributed by atoms with Crippen LogP contribution in [0.2, 0.25) is 0 Å². The Balaban J connectivity index is 3.13. The summed E-state index contributed by atoms with van der Waals surface area (Å²) in [7, 11) is 0. The molecule has 0 atom stereocenters. The van der Waals surface area contributed by atoms with Gasteiger partial charge >= 0.3 is 0 Å². The number of carbonyl (C=O) groups excluding carboxylic acids is 1. The maximum Gasteiger partial charge on any atom is 0.251 e. The van der Waals surface area contributed by atoms with Crippen LogP contribution in [0.4, 0.5) is 0 Å². The second-order valence-electron chi connectivity index (χ2n) is 7.14. The molecule has 23 heavy (non-hydrogen) atoms. The lowest BCUT2D eigenvalue weighted by Gasteiger charge is -2.24. The molecule has 0 aromatic heterocycles. The van der Waals surface area contributed by atoms with Gasteiger partial charge in [0.1, 0.15) is 0 Å². The van der Waals surface area contributed by atoms with E-state index in [9.17, 15) is 4.79 Å². The van der Waals surface area contributed by atoms with Gasteiger partial charge in [-0.15, -0.1) is 0 Å². The smallest absolute Gasteiger partial charge is 0.251 e. The number of benzene rings is 1. The first-order valence-electron chi connectivity index (χ1n) is 8.45. The van der Waals surface area contributed by atoms with Crippen molar-refractivity contribution in [3.05, 3.63) is 53.1 Å². The molecule has 0 saturated heterocycles. The number of hydrogen-bond donors (Lipinski definition) is 1. The highest BCUT2D eigenvalue weighted by Gasteiger charge is 2.19. The van der Waals surface area contributed by atoms with Crippen LogP contribution in [0, 0.1) is 5.92 Å². The van der Waals surface area contributed by atoms with Crippen molar-refractivity contribution in [1.29, 1.82) is 0 Å². The second kappa shape index (κ2) is 8.14. The second-order valence-corrected chi connectivity index (χ2v) is 7.14. The Morgan fingerprint density at radius 1 is 1.30 bits per heavy atom. The summed E-state index contributed by atoms with van der Waals surface area (Å²) in [5.41, 5.74) is 3.89. The number of nitrogens with one attached hydrogen (secondary N) is 1. The van der Waals surface area contributed by atoms with Crippen LogP contribution in [-0.4, -0.2) is 11.4 Å². The SMILES string of the molecule is C=C(Cc1cc(/C=C/C)cc(C(=O)NC(C)(C)CC)c1)C(C)C. The number of amides is 1. The minimum Gasteiger partial charge on any atom is -0.347 e. The Morgan fingerprint density at radius 3 is 2.48 bits per heavy atom. The molecule has 1 aromatic rings. The van der Waals surface area contributed by atoms with E-state index in [1.54, 1.807) is 0 Å². The van der Waals surface area contributed by atoms with Gasteiger partial charge in [-0.25, -0.2) is 0 Å². The summed E-state index contributed by atoms with van der Waals surface area (Å²) in [6.07, 6.45) is 5.72. The summed E-state index contributed by atoms with van der Waals surface area (Å²) in [6, 6.07) is 6.07. The molecule has 0 spiro atoms. The van der Waals surface area contributed by atoms with E-state index >= 15 is 0 Å². The van der Waals surface area contributed by atoms with Gasteiger partial charge in [0.25, 0.3) is 5.91 Å². The summed E-state index contributed by atoms with van der Waals surface area (Å²) in [6.45, 7) is 16.6. The lowest BCUT2D eigenvalue weighted by atomic mass is 9.94. The van der Waals surface area contributed by atoms with Crippen molar-refractivity contribution >= 4 is 12.0 Å². The Bertz CT molecular complexity index is 594. The van der Waals surface area contributed by atoms with Crippen LogP contribution in [0.25, 0.3) is 6.08 Å². The number of allylic oxidation sites excluding steroid dienone is 2. The molecule has 0 aliphatic rings. The maximum absolute atomic E-state index is 12.6. The minimum absolute atomic E-state index is 0.0142. The standard InChI is InChI=1S/C21H31NO/c1-8-10-17-12-18(11-16(5)15(3)4)14-19(13-17)20(23)22-21(6,7)9-2/h8,10,12-15H,5,9,11H2,1-4,6-7H3,(H,22,23)/b10-8+. The molecular weight excluding hydrogens is 282 g/mol. The molecule has 0 unspecified atom stereocenters. The van der Waals surface area contributed by atoms with Crippen LogP contribution in [-0.2, 0) is 6.42 Å². The monoisotopic (exact) mass is 313 g/mol. The van der Waals surface area contributed by atoms with Gasteiger partial charge in [0.15, 0.2) is 0 Å². The van der Waals surface area contributed by atoms with E-state index in [2.05, 4.69) is 38.7 Å². The van der Waals surface area contributed by atoms with E-state index in [1.807, 2.05) is 45.1 Å². The first kappa shape index (κ1) is 19.2. The number of carbonyl (C=O) groups is 1. The minimum atomic E-state index is -0.199. The topological polar surface area (TPSA) is 29.1 Å². The highest BCUT2D eigenvalue weighted by atomic mass is 16.1. The van der Waals surface area contributed by atoms with Crippen LogP contribution in [0.3, 0.4) is 0 Å². The molecule has 2 heteroatoms. The Labute approximate surface area is 141 Å². The van der Waals surface area contributed by atoms with Crippen molar-refractivity contribution in [3.63, 3.8) is 0 Å². The maximum atomic E-state index is 12.6. The fourth-order valence-corrected chi connectivity index (χ4v) is 2.17. The van der Waals surface area contributed by atoms with E-state index < -0.39 is 0 Å². The highest BCUT2D eigenvalue weighted by molar-refractivity contribution is 5.95. The molecule has 1 rings (SSSR count). The van der Waals surface area contributed by atoms with Gasteiger partial charge in [0, 0.05) is 11.1 Å². The first-order chi connectivity index (χ1) is 10.7. The predicted octanol–water partition coefficient (Wildman–Crippen LogP) is 5.39. The third-order valence-electron chi connectivity index (χ3n) is 4.22. The third-order valence-corrected chi connectivity index (χ3v) is 4.22. The van der Waals surface area contributed by atoms with Crippen LogP contribution in [0.5, 0.6) is 0 Å². The summed E-state index contributed by atoms with van der Waals surface area (Å²) >= 11 is 0. The molecule has 0 saturated carbocycles. The average Bonchev–Trinajstić information content (AvgIpc) is 2.46. The van der Waals surface area contributed by atoms with Crippen LogP contribution >= 0.6 is 0 Å². The molecule has 1 amide bonds. The van der Waals surface area contributed by atoms with Crippen LogP contribution in [0.15, 0.2) is 36.4 Å². The van der Waals surface area contributed by atoms with Crippen molar-refractivity contribution in [3.8, 4) is 0 Å². The fourth-order valence-electron chi connectivity index (χ4n) is 2.17. The zero-order chi connectivity index (χ0) is 17.6. The molecule has 1 aromatic carbocycles. The van der Waals surface area contributed by atoms with Gasteiger partial charge in [-0.3, -0.25) is 4.79 Å². The normalized spacial score (nSPS) is 12.0. The van der Waals surface area contributed by atoms with Gasteiger partial charge in [-0.1, -0.05) is 51.1 Å². The van der Waals surface area contributed by atoms with E-state index in [1.165, 1.54) is 5.57 Å². The molecule has 0 heterocycles. The zero-order valence-electron chi connectivity index (χ0n) is 15.5. The van der Waals surface area contributed by atoms with Gasteiger partial charge in [0.2, 0.25) is 0 Å².